The Balaban J connectivity index is 1.76. The predicted octanol–water partition coefficient (Wildman–Crippen LogP) is 1.47. The molecule has 1 aromatic heterocycles. The number of nitrogens with zero attached hydrogens (tertiary/aromatic N) is 3. The van der Waals surface area contributed by atoms with E-state index in [1.165, 1.54) is 32.2 Å². The predicted molar refractivity (Wildman–Crippen MR) is 69.7 cm³/mol. The Morgan fingerprint density at radius 3 is 3.00 bits per heavy atom. The van der Waals surface area contributed by atoms with E-state index in [-0.39, 0.29) is 0 Å². The molecule has 1 aromatic rings. The fourth-order valence-electron chi connectivity index (χ4n) is 2.77. The topological polar surface area (TPSA) is 47.1 Å². The average Bonchev–Trinajstić information content (AvgIpc) is 2.82. The summed E-state index contributed by atoms with van der Waals surface area (Å²) in [5.74, 6) is 0. The molecule has 96 valence electrons. The monoisotopic (exact) mass is 236 g/mol. The van der Waals surface area contributed by atoms with E-state index in [9.17, 15) is 0 Å². The van der Waals surface area contributed by atoms with Gasteiger partial charge in [0.1, 0.15) is 0 Å². The molecular formula is C13H24N4. The molecule has 1 saturated heterocycles. The Morgan fingerprint density at radius 2 is 2.29 bits per heavy atom. The van der Waals surface area contributed by atoms with Crippen LogP contribution in [0.4, 0.5) is 0 Å². The fourth-order valence-corrected chi connectivity index (χ4v) is 2.77. The molecule has 0 bridgehead atoms. The van der Waals surface area contributed by atoms with Crippen molar-refractivity contribution in [3.8, 4) is 0 Å². The first-order chi connectivity index (χ1) is 8.27. The first-order valence-corrected chi connectivity index (χ1v) is 6.73. The zero-order valence-electron chi connectivity index (χ0n) is 10.8. The Bertz CT molecular complexity index is 307. The van der Waals surface area contributed by atoms with Crippen LogP contribution in [-0.2, 0) is 6.54 Å². The van der Waals surface area contributed by atoms with Crippen LogP contribution >= 0.6 is 0 Å². The van der Waals surface area contributed by atoms with Crippen molar-refractivity contribution in [2.75, 3.05) is 13.1 Å². The van der Waals surface area contributed by atoms with Gasteiger partial charge in [-0.1, -0.05) is 6.42 Å². The van der Waals surface area contributed by atoms with E-state index in [1.54, 1.807) is 0 Å². The highest BCUT2D eigenvalue weighted by Gasteiger charge is 2.24. The highest BCUT2D eigenvalue weighted by atomic mass is 15.2. The normalized spacial score (nSPS) is 23.8. The lowest BCUT2D eigenvalue weighted by Gasteiger charge is -2.38. The molecule has 2 N–H and O–H groups in total. The maximum atomic E-state index is 6.07. The van der Waals surface area contributed by atoms with Gasteiger partial charge in [0, 0.05) is 37.6 Å². The summed E-state index contributed by atoms with van der Waals surface area (Å²) in [5, 5.41) is 0. The third-order valence-electron chi connectivity index (χ3n) is 3.69. The molecular weight excluding hydrogens is 212 g/mol. The summed E-state index contributed by atoms with van der Waals surface area (Å²) in [7, 11) is 0. The van der Waals surface area contributed by atoms with Crippen LogP contribution in [0.25, 0.3) is 0 Å². The van der Waals surface area contributed by atoms with Gasteiger partial charge in [0.2, 0.25) is 0 Å². The Hall–Kier alpha value is -0.870. The van der Waals surface area contributed by atoms with Crippen molar-refractivity contribution in [3.63, 3.8) is 0 Å². The van der Waals surface area contributed by atoms with Crippen LogP contribution in [0.5, 0.6) is 0 Å². The zero-order chi connectivity index (χ0) is 12.1. The minimum atomic E-state index is 0.295. The second-order valence-electron chi connectivity index (χ2n) is 5.11. The van der Waals surface area contributed by atoms with E-state index < -0.39 is 0 Å². The Morgan fingerprint density at radius 1 is 1.41 bits per heavy atom. The molecule has 4 heteroatoms. The summed E-state index contributed by atoms with van der Waals surface area (Å²) >= 11 is 0. The molecule has 1 aliphatic rings. The summed E-state index contributed by atoms with van der Waals surface area (Å²) in [4.78, 5) is 6.63. The van der Waals surface area contributed by atoms with Gasteiger partial charge >= 0.3 is 0 Å². The number of aryl methyl sites for hydroxylation is 1. The van der Waals surface area contributed by atoms with Crippen LogP contribution in [0, 0.1) is 0 Å². The van der Waals surface area contributed by atoms with Gasteiger partial charge in [-0.05, 0) is 32.7 Å². The van der Waals surface area contributed by atoms with Crippen LogP contribution in [-0.4, -0.2) is 39.6 Å². The molecule has 4 nitrogen and oxygen atoms in total. The van der Waals surface area contributed by atoms with Crippen molar-refractivity contribution < 1.29 is 0 Å². The lowest BCUT2D eigenvalue weighted by atomic mass is 9.97. The molecule has 0 aliphatic carbocycles. The second kappa shape index (κ2) is 6.17. The van der Waals surface area contributed by atoms with E-state index in [0.29, 0.717) is 12.1 Å². The van der Waals surface area contributed by atoms with E-state index in [1.807, 2.05) is 18.7 Å². The minimum Gasteiger partial charge on any atom is -0.337 e. The van der Waals surface area contributed by atoms with Crippen molar-refractivity contribution in [2.45, 2.75) is 51.2 Å². The van der Waals surface area contributed by atoms with Crippen LogP contribution < -0.4 is 5.73 Å². The summed E-state index contributed by atoms with van der Waals surface area (Å²) in [6.45, 7) is 5.57. The van der Waals surface area contributed by atoms with Gasteiger partial charge in [0.05, 0.1) is 6.33 Å². The Kier molecular flexibility index (Phi) is 4.57. The number of hydrogen-bond donors (Lipinski definition) is 1. The van der Waals surface area contributed by atoms with Gasteiger partial charge in [0.15, 0.2) is 0 Å². The van der Waals surface area contributed by atoms with E-state index >= 15 is 0 Å². The molecule has 2 heterocycles. The zero-order valence-corrected chi connectivity index (χ0v) is 10.8. The van der Waals surface area contributed by atoms with Gasteiger partial charge in [-0.2, -0.15) is 0 Å². The number of aromatic nitrogens is 2. The molecule has 17 heavy (non-hydrogen) atoms. The second-order valence-corrected chi connectivity index (χ2v) is 5.11. The van der Waals surface area contributed by atoms with Crippen LogP contribution in [0.3, 0.4) is 0 Å². The van der Waals surface area contributed by atoms with Crippen LogP contribution in [0.15, 0.2) is 18.7 Å². The van der Waals surface area contributed by atoms with Gasteiger partial charge in [-0.3, -0.25) is 4.90 Å². The molecule has 1 fully saturated rings. The molecule has 1 aliphatic heterocycles. The van der Waals surface area contributed by atoms with Crippen molar-refractivity contribution in [3.05, 3.63) is 18.7 Å². The van der Waals surface area contributed by atoms with E-state index in [2.05, 4.69) is 21.4 Å². The molecule has 2 rings (SSSR count). The highest BCUT2D eigenvalue weighted by Crippen LogP contribution is 2.19. The lowest BCUT2D eigenvalue weighted by Crippen LogP contribution is -2.49. The fraction of sp³-hybridized carbons (Fsp3) is 0.769. The first kappa shape index (κ1) is 12.6. The summed E-state index contributed by atoms with van der Waals surface area (Å²) in [5.41, 5.74) is 6.07. The van der Waals surface area contributed by atoms with E-state index in [4.69, 9.17) is 5.73 Å². The molecule has 0 spiro atoms. The quantitative estimate of drug-likeness (QED) is 0.842. The number of nitrogens with two attached hydrogens (primary N) is 1. The van der Waals surface area contributed by atoms with Crippen molar-refractivity contribution in [1.29, 1.82) is 0 Å². The standard InChI is InChI=1S/C13H24N4/c1-12(14)13-5-2-3-8-17(13)9-4-7-16-10-6-15-11-16/h6,10-13H,2-5,7-9,14H2,1H3. The number of likely N-dealkylation sites (tertiary alicyclic amines) is 1. The maximum Gasteiger partial charge on any atom is 0.0945 e. The lowest BCUT2D eigenvalue weighted by molar-refractivity contribution is 0.127. The highest BCUT2D eigenvalue weighted by molar-refractivity contribution is 4.83. The average molecular weight is 236 g/mol. The van der Waals surface area contributed by atoms with Crippen molar-refractivity contribution >= 4 is 0 Å². The minimum absolute atomic E-state index is 0.295. The smallest absolute Gasteiger partial charge is 0.0945 e. The van der Waals surface area contributed by atoms with Gasteiger partial charge in [-0.25, -0.2) is 4.98 Å². The van der Waals surface area contributed by atoms with Gasteiger partial charge in [-0.15, -0.1) is 0 Å². The third kappa shape index (κ3) is 3.54. The summed E-state index contributed by atoms with van der Waals surface area (Å²) in [6.07, 6.45) is 10.9. The molecule has 2 atom stereocenters. The summed E-state index contributed by atoms with van der Waals surface area (Å²) in [6, 6.07) is 0.884. The van der Waals surface area contributed by atoms with Gasteiger partial charge in [0.25, 0.3) is 0 Å². The Labute approximate surface area is 104 Å². The summed E-state index contributed by atoms with van der Waals surface area (Å²) < 4.78 is 2.14. The van der Waals surface area contributed by atoms with Crippen LogP contribution in [0.2, 0.25) is 0 Å². The van der Waals surface area contributed by atoms with Crippen LogP contribution in [0.1, 0.15) is 32.6 Å². The molecule has 0 amide bonds. The van der Waals surface area contributed by atoms with E-state index in [0.717, 1.165) is 13.1 Å². The third-order valence-corrected chi connectivity index (χ3v) is 3.69. The van der Waals surface area contributed by atoms with Crippen molar-refractivity contribution in [1.82, 2.24) is 14.5 Å². The number of rotatable bonds is 5. The molecule has 2 unspecified atom stereocenters. The molecule has 0 aromatic carbocycles. The number of imidazole rings is 1. The maximum absolute atomic E-state index is 6.07. The largest absolute Gasteiger partial charge is 0.337 e. The molecule has 0 radical (unpaired) electrons. The number of hydrogen-bond acceptors (Lipinski definition) is 3. The molecule has 0 saturated carbocycles. The van der Waals surface area contributed by atoms with Gasteiger partial charge < -0.3 is 10.3 Å². The van der Waals surface area contributed by atoms with Crippen molar-refractivity contribution in [2.24, 2.45) is 5.73 Å². The number of piperidine rings is 1. The SMILES string of the molecule is CC(N)C1CCCCN1CCCn1ccnc1. The first-order valence-electron chi connectivity index (χ1n) is 6.73.